The van der Waals surface area contributed by atoms with E-state index in [4.69, 9.17) is 19.2 Å². The van der Waals surface area contributed by atoms with E-state index in [1.165, 1.54) is 7.11 Å². The third-order valence-corrected chi connectivity index (χ3v) is 8.51. The zero-order valence-corrected chi connectivity index (χ0v) is 25.7. The van der Waals surface area contributed by atoms with Crippen molar-refractivity contribution < 1.29 is 23.8 Å². The highest BCUT2D eigenvalue weighted by Gasteiger charge is 2.40. The molecule has 0 bridgehead atoms. The lowest BCUT2D eigenvalue weighted by Gasteiger charge is -2.33. The van der Waals surface area contributed by atoms with E-state index < -0.39 is 5.41 Å². The minimum atomic E-state index is -0.467. The Morgan fingerprint density at radius 2 is 1.74 bits per heavy atom. The Kier molecular flexibility index (Phi) is 8.17. The molecular formula is C34H41N3O5. The first-order valence-electron chi connectivity index (χ1n) is 14.6. The summed E-state index contributed by atoms with van der Waals surface area (Å²) in [6, 6.07) is 16.2. The van der Waals surface area contributed by atoms with Gasteiger partial charge in [0.05, 0.1) is 38.9 Å². The van der Waals surface area contributed by atoms with Gasteiger partial charge in [0, 0.05) is 29.6 Å². The minimum absolute atomic E-state index is 0.187. The third kappa shape index (κ3) is 5.80. The van der Waals surface area contributed by atoms with E-state index in [0.717, 1.165) is 64.4 Å². The average Bonchev–Trinajstić information content (AvgIpc) is 3.19. The van der Waals surface area contributed by atoms with Gasteiger partial charge in [-0.1, -0.05) is 49.2 Å². The SMILES string of the molecule is COC(=O)CC(C)(C)c1ccc(OC)c(-c2ccc(N3CCC3)nc2CN2C(=O)O[C@H](c3cc(C)cc(C)c3)[C@@H]2C)c1. The second-order valence-electron chi connectivity index (χ2n) is 12.2. The monoisotopic (exact) mass is 571 g/mol. The number of ether oxygens (including phenoxy) is 3. The number of amides is 1. The molecule has 0 radical (unpaired) electrons. The molecule has 2 aliphatic heterocycles. The van der Waals surface area contributed by atoms with E-state index >= 15 is 0 Å². The van der Waals surface area contributed by atoms with E-state index in [2.05, 4.69) is 49.1 Å². The first-order chi connectivity index (χ1) is 20.0. The van der Waals surface area contributed by atoms with Crippen molar-refractivity contribution in [2.24, 2.45) is 0 Å². The standard InChI is InChI=1S/C34H41N3O5/c1-21-15-22(2)17-24(16-21)32-23(3)37(33(39)42-32)20-28-26(10-12-30(35-28)36-13-8-14-36)27-18-25(9-11-29(27)40-6)34(4,5)19-31(38)41-7/h9-12,15-18,23,32H,8,13-14,19-20H2,1-7H3/t23-,32-/m0/s1. The first-order valence-corrected chi connectivity index (χ1v) is 14.6. The normalized spacial score (nSPS) is 18.5. The van der Waals surface area contributed by atoms with Crippen LogP contribution in [0.1, 0.15) is 67.7 Å². The lowest BCUT2D eigenvalue weighted by atomic mass is 9.80. The topological polar surface area (TPSA) is 81.2 Å². The number of methoxy groups -OCH3 is 2. The zero-order chi connectivity index (χ0) is 30.2. The summed E-state index contributed by atoms with van der Waals surface area (Å²) in [5.74, 6) is 1.32. The molecule has 1 amide bonds. The fourth-order valence-corrected chi connectivity index (χ4v) is 5.95. The number of rotatable bonds is 9. The van der Waals surface area contributed by atoms with Crippen molar-refractivity contribution in [3.63, 3.8) is 0 Å². The van der Waals surface area contributed by atoms with Crippen LogP contribution in [-0.4, -0.2) is 55.3 Å². The van der Waals surface area contributed by atoms with Crippen molar-refractivity contribution in [2.45, 2.75) is 71.6 Å². The number of cyclic esters (lactones) is 1. The maximum Gasteiger partial charge on any atom is 0.411 e. The van der Waals surface area contributed by atoms with Crippen LogP contribution in [0.15, 0.2) is 48.5 Å². The van der Waals surface area contributed by atoms with E-state index in [0.29, 0.717) is 5.75 Å². The van der Waals surface area contributed by atoms with Gasteiger partial charge in [-0.05, 0) is 62.6 Å². The Morgan fingerprint density at radius 3 is 2.36 bits per heavy atom. The molecule has 42 heavy (non-hydrogen) atoms. The van der Waals surface area contributed by atoms with Gasteiger partial charge in [-0.3, -0.25) is 9.69 Å². The second kappa shape index (κ2) is 11.7. The Balaban J connectivity index is 1.54. The smallest absolute Gasteiger partial charge is 0.411 e. The fourth-order valence-electron chi connectivity index (χ4n) is 5.95. The number of aromatic nitrogens is 1. The van der Waals surface area contributed by atoms with Crippen LogP contribution in [0.25, 0.3) is 11.1 Å². The number of pyridine rings is 1. The number of esters is 1. The van der Waals surface area contributed by atoms with Gasteiger partial charge in [-0.25, -0.2) is 9.78 Å². The molecule has 8 heteroatoms. The van der Waals surface area contributed by atoms with Crippen molar-refractivity contribution in [3.8, 4) is 16.9 Å². The van der Waals surface area contributed by atoms with Gasteiger partial charge in [-0.15, -0.1) is 0 Å². The number of aryl methyl sites for hydroxylation is 2. The van der Waals surface area contributed by atoms with Crippen LogP contribution in [-0.2, 0) is 26.2 Å². The fraction of sp³-hybridized carbons (Fsp3) is 0.441. The lowest BCUT2D eigenvalue weighted by molar-refractivity contribution is -0.141. The quantitative estimate of drug-likeness (QED) is 0.271. The van der Waals surface area contributed by atoms with E-state index in [1.54, 1.807) is 12.0 Å². The van der Waals surface area contributed by atoms with Crippen LogP contribution in [0.2, 0.25) is 0 Å². The van der Waals surface area contributed by atoms with Gasteiger partial charge in [-0.2, -0.15) is 0 Å². The van der Waals surface area contributed by atoms with Gasteiger partial charge in [0.2, 0.25) is 0 Å². The van der Waals surface area contributed by atoms with E-state index in [1.807, 2.05) is 39.0 Å². The van der Waals surface area contributed by atoms with Crippen LogP contribution < -0.4 is 9.64 Å². The van der Waals surface area contributed by atoms with Crippen molar-refractivity contribution in [3.05, 3.63) is 76.5 Å². The van der Waals surface area contributed by atoms with Crippen LogP contribution in [0.5, 0.6) is 5.75 Å². The second-order valence-corrected chi connectivity index (χ2v) is 12.2. The molecule has 222 valence electrons. The number of hydrogen-bond donors (Lipinski definition) is 0. The van der Waals surface area contributed by atoms with Gasteiger partial charge in [0.15, 0.2) is 0 Å². The van der Waals surface area contributed by atoms with Gasteiger partial charge >= 0.3 is 12.1 Å². The highest BCUT2D eigenvalue weighted by Crippen LogP contribution is 2.40. The molecule has 3 aromatic rings. The molecule has 1 aromatic heterocycles. The van der Waals surface area contributed by atoms with Crippen LogP contribution >= 0.6 is 0 Å². The van der Waals surface area contributed by atoms with Crippen LogP contribution in [0, 0.1) is 13.8 Å². The first kappa shape index (κ1) is 29.4. The summed E-state index contributed by atoms with van der Waals surface area (Å²) in [6.07, 6.45) is 0.658. The Labute approximate surface area is 248 Å². The molecule has 0 unspecified atom stereocenters. The molecule has 0 N–H and O–H groups in total. The summed E-state index contributed by atoms with van der Waals surface area (Å²) in [7, 11) is 3.05. The summed E-state index contributed by atoms with van der Waals surface area (Å²) in [5, 5.41) is 0. The largest absolute Gasteiger partial charge is 0.496 e. The highest BCUT2D eigenvalue weighted by atomic mass is 16.6. The Bertz CT molecular complexity index is 1480. The van der Waals surface area contributed by atoms with Crippen molar-refractivity contribution in [2.75, 3.05) is 32.2 Å². The lowest BCUT2D eigenvalue weighted by Crippen LogP contribution is -2.38. The van der Waals surface area contributed by atoms with Crippen LogP contribution in [0.4, 0.5) is 10.6 Å². The molecule has 8 nitrogen and oxygen atoms in total. The van der Waals surface area contributed by atoms with E-state index in [-0.39, 0.29) is 37.2 Å². The number of benzene rings is 2. The summed E-state index contributed by atoms with van der Waals surface area (Å²) < 4.78 is 16.7. The number of nitrogens with zero attached hydrogens (tertiary/aromatic N) is 3. The Hall–Kier alpha value is -4.07. The maximum absolute atomic E-state index is 13.3. The molecule has 0 saturated carbocycles. The number of carbonyl (C=O) groups is 2. The summed E-state index contributed by atoms with van der Waals surface area (Å²) in [5.41, 5.74) is 6.29. The van der Waals surface area contributed by atoms with Crippen molar-refractivity contribution in [1.29, 1.82) is 0 Å². The third-order valence-electron chi connectivity index (χ3n) is 8.51. The number of anilines is 1. The minimum Gasteiger partial charge on any atom is -0.496 e. The maximum atomic E-state index is 13.3. The van der Waals surface area contributed by atoms with Gasteiger partial charge in [0.1, 0.15) is 17.7 Å². The van der Waals surface area contributed by atoms with Gasteiger partial charge < -0.3 is 19.1 Å². The van der Waals surface area contributed by atoms with Gasteiger partial charge in [0.25, 0.3) is 0 Å². The summed E-state index contributed by atoms with van der Waals surface area (Å²) in [4.78, 5) is 34.6. The predicted octanol–water partition coefficient (Wildman–Crippen LogP) is 6.51. The van der Waals surface area contributed by atoms with Crippen molar-refractivity contribution >= 4 is 17.9 Å². The summed E-state index contributed by atoms with van der Waals surface area (Å²) in [6.45, 7) is 12.4. The number of carbonyl (C=O) groups excluding carboxylic acids is 2. The average molecular weight is 572 g/mol. The highest BCUT2D eigenvalue weighted by molar-refractivity contribution is 5.77. The Morgan fingerprint density at radius 1 is 1.02 bits per heavy atom. The molecule has 2 saturated heterocycles. The molecule has 3 heterocycles. The summed E-state index contributed by atoms with van der Waals surface area (Å²) >= 11 is 0. The molecule has 2 fully saturated rings. The predicted molar refractivity (Wildman–Crippen MR) is 163 cm³/mol. The van der Waals surface area contributed by atoms with E-state index in [9.17, 15) is 9.59 Å². The van der Waals surface area contributed by atoms with Crippen LogP contribution in [0.3, 0.4) is 0 Å². The van der Waals surface area contributed by atoms with Crippen molar-refractivity contribution in [1.82, 2.24) is 9.88 Å². The molecule has 2 aliphatic rings. The molecule has 0 spiro atoms. The molecular weight excluding hydrogens is 530 g/mol. The molecule has 2 atom stereocenters. The molecule has 2 aromatic carbocycles. The zero-order valence-electron chi connectivity index (χ0n) is 25.7. The molecule has 5 rings (SSSR count). The number of hydrogen-bond acceptors (Lipinski definition) is 7. The molecule has 0 aliphatic carbocycles.